The molecule has 1 aromatic carbocycles. The lowest BCUT2D eigenvalue weighted by Gasteiger charge is -2.32. The third-order valence-electron chi connectivity index (χ3n) is 3.63. The largest absolute Gasteiger partial charge is 0.465 e. The Labute approximate surface area is 122 Å². The van der Waals surface area contributed by atoms with Gasteiger partial charge in [-0.25, -0.2) is 9.18 Å². The molecule has 1 fully saturated rings. The summed E-state index contributed by atoms with van der Waals surface area (Å²) in [7, 11) is 0. The number of carboxylic acid groups (broad SMARTS) is 1. The van der Waals surface area contributed by atoms with Crippen molar-refractivity contribution >= 4 is 6.09 Å². The van der Waals surface area contributed by atoms with Crippen LogP contribution in [0, 0.1) is 0 Å². The van der Waals surface area contributed by atoms with Crippen molar-refractivity contribution in [2.24, 2.45) is 0 Å². The molecule has 0 aromatic heterocycles. The van der Waals surface area contributed by atoms with Crippen molar-refractivity contribution in [2.75, 3.05) is 0 Å². The summed E-state index contributed by atoms with van der Waals surface area (Å²) in [6.45, 7) is 0. The molecule has 0 saturated heterocycles. The maximum Gasteiger partial charge on any atom is 0.404 e. The molecule has 4 atom stereocenters. The Morgan fingerprint density at radius 2 is 2.10 bits per heavy atom. The Morgan fingerprint density at radius 3 is 2.71 bits per heavy atom. The first-order chi connectivity index (χ1) is 10.0. The van der Waals surface area contributed by atoms with Crippen molar-refractivity contribution in [3.8, 4) is 0 Å². The molecule has 3 N–H and O–H groups in total. The number of hydrogen-bond donors (Lipinski definition) is 3. The number of rotatable bonds is 5. The molecule has 1 aromatic rings. The van der Waals surface area contributed by atoms with Crippen molar-refractivity contribution in [1.82, 2.24) is 5.32 Å². The van der Waals surface area contributed by atoms with Crippen LogP contribution in [0.1, 0.15) is 24.8 Å². The molecule has 0 radical (unpaired) electrons. The van der Waals surface area contributed by atoms with Gasteiger partial charge in [0.15, 0.2) is 6.29 Å². The maximum atomic E-state index is 14.0. The minimum Gasteiger partial charge on any atom is -0.465 e. The fraction of sp³-hybridized carbons (Fsp3) is 0.533. The molecule has 1 aliphatic carbocycles. The molecule has 2 rings (SSSR count). The fourth-order valence-corrected chi connectivity index (χ4v) is 2.61. The standard InChI is InChI=1S/C15H20FNO4/c16-12-9-11(17-15(19)20)6-7-13(12)21-14(18)8-10-4-2-1-3-5-10/h1-5,11-14,17-18H,6-9H2,(H,19,20). The van der Waals surface area contributed by atoms with Crippen LogP contribution in [-0.2, 0) is 11.2 Å². The summed E-state index contributed by atoms with van der Waals surface area (Å²) in [6.07, 6.45) is -2.88. The molecule has 0 aliphatic heterocycles. The third kappa shape index (κ3) is 4.99. The molecule has 116 valence electrons. The van der Waals surface area contributed by atoms with Gasteiger partial charge in [-0.05, 0) is 18.4 Å². The first-order valence-electron chi connectivity index (χ1n) is 7.05. The molecule has 1 saturated carbocycles. The minimum absolute atomic E-state index is 0.0784. The van der Waals surface area contributed by atoms with E-state index < -0.39 is 24.7 Å². The van der Waals surface area contributed by atoms with Crippen molar-refractivity contribution in [2.45, 2.75) is 50.3 Å². The number of benzene rings is 1. The van der Waals surface area contributed by atoms with E-state index in [1.54, 1.807) is 0 Å². The van der Waals surface area contributed by atoms with Crippen molar-refractivity contribution in [3.05, 3.63) is 35.9 Å². The van der Waals surface area contributed by atoms with E-state index in [-0.39, 0.29) is 12.5 Å². The van der Waals surface area contributed by atoms with E-state index in [0.717, 1.165) is 5.56 Å². The normalized spacial score (nSPS) is 27.0. The van der Waals surface area contributed by atoms with Crippen LogP contribution in [0.25, 0.3) is 0 Å². The quantitative estimate of drug-likeness (QED) is 0.727. The number of carbonyl (C=O) groups is 1. The predicted molar refractivity (Wildman–Crippen MR) is 74.7 cm³/mol. The molecule has 0 spiro atoms. The van der Waals surface area contributed by atoms with Crippen LogP contribution >= 0.6 is 0 Å². The zero-order valence-corrected chi connectivity index (χ0v) is 11.6. The summed E-state index contributed by atoms with van der Waals surface area (Å²) >= 11 is 0. The van der Waals surface area contributed by atoms with Crippen LogP contribution < -0.4 is 5.32 Å². The summed E-state index contributed by atoms with van der Waals surface area (Å²) in [5.41, 5.74) is 0.918. The van der Waals surface area contributed by atoms with Crippen LogP contribution in [0.4, 0.5) is 9.18 Å². The van der Waals surface area contributed by atoms with Gasteiger partial charge in [-0.1, -0.05) is 30.3 Å². The van der Waals surface area contributed by atoms with Crippen LogP contribution in [0.15, 0.2) is 30.3 Å². The highest BCUT2D eigenvalue weighted by molar-refractivity contribution is 5.64. The van der Waals surface area contributed by atoms with E-state index in [2.05, 4.69) is 5.32 Å². The topological polar surface area (TPSA) is 78.8 Å². The summed E-state index contributed by atoms with van der Waals surface area (Å²) in [5, 5.41) is 20.8. The summed E-state index contributed by atoms with van der Waals surface area (Å²) in [5.74, 6) is 0. The average Bonchev–Trinajstić information content (AvgIpc) is 2.42. The highest BCUT2D eigenvalue weighted by atomic mass is 19.1. The summed E-state index contributed by atoms with van der Waals surface area (Å²) in [6, 6.07) is 8.96. The van der Waals surface area contributed by atoms with E-state index in [0.29, 0.717) is 19.3 Å². The van der Waals surface area contributed by atoms with Crippen molar-refractivity contribution < 1.29 is 24.1 Å². The average molecular weight is 297 g/mol. The van der Waals surface area contributed by atoms with Gasteiger partial charge >= 0.3 is 6.09 Å². The number of aliphatic hydroxyl groups excluding tert-OH is 1. The second-order valence-corrected chi connectivity index (χ2v) is 5.29. The number of ether oxygens (including phenoxy) is 1. The lowest BCUT2D eigenvalue weighted by molar-refractivity contribution is -0.162. The van der Waals surface area contributed by atoms with Gasteiger partial charge in [0.1, 0.15) is 6.17 Å². The SMILES string of the molecule is O=C(O)NC1CCC(OC(O)Cc2ccccc2)C(F)C1. The number of aliphatic hydroxyl groups is 1. The molecule has 1 amide bonds. The first-order valence-corrected chi connectivity index (χ1v) is 7.05. The Bertz CT molecular complexity index is 456. The van der Waals surface area contributed by atoms with Crippen LogP contribution in [0.2, 0.25) is 0 Å². The number of hydrogen-bond acceptors (Lipinski definition) is 3. The van der Waals surface area contributed by atoms with E-state index in [1.807, 2.05) is 30.3 Å². The monoisotopic (exact) mass is 297 g/mol. The smallest absolute Gasteiger partial charge is 0.404 e. The minimum atomic E-state index is -1.28. The van der Waals surface area contributed by atoms with Gasteiger partial charge in [-0.2, -0.15) is 0 Å². The lowest BCUT2D eigenvalue weighted by Crippen LogP contribution is -2.44. The van der Waals surface area contributed by atoms with E-state index in [9.17, 15) is 14.3 Å². The van der Waals surface area contributed by atoms with E-state index in [1.165, 1.54) is 0 Å². The van der Waals surface area contributed by atoms with Crippen molar-refractivity contribution in [3.63, 3.8) is 0 Å². The first kappa shape index (κ1) is 15.7. The summed E-state index contributed by atoms with van der Waals surface area (Å²) in [4.78, 5) is 10.5. The van der Waals surface area contributed by atoms with Crippen LogP contribution in [-0.4, -0.2) is 40.9 Å². The Morgan fingerprint density at radius 1 is 1.38 bits per heavy atom. The third-order valence-corrected chi connectivity index (χ3v) is 3.63. The Kier molecular flexibility index (Phi) is 5.52. The summed E-state index contributed by atoms with van der Waals surface area (Å²) < 4.78 is 19.3. The van der Waals surface area contributed by atoms with Gasteiger partial charge < -0.3 is 20.3 Å². The predicted octanol–water partition coefficient (Wildman–Crippen LogP) is 2.09. The zero-order chi connectivity index (χ0) is 15.2. The number of amides is 1. The van der Waals surface area contributed by atoms with Gasteiger partial charge in [-0.15, -0.1) is 0 Å². The molecule has 1 aliphatic rings. The molecule has 4 unspecified atom stereocenters. The fourth-order valence-electron chi connectivity index (χ4n) is 2.61. The van der Waals surface area contributed by atoms with Crippen molar-refractivity contribution in [1.29, 1.82) is 0 Å². The van der Waals surface area contributed by atoms with Crippen LogP contribution in [0.3, 0.4) is 0 Å². The molecule has 5 nitrogen and oxygen atoms in total. The molecule has 21 heavy (non-hydrogen) atoms. The Balaban J connectivity index is 1.79. The van der Waals surface area contributed by atoms with Gasteiger partial charge in [0.2, 0.25) is 0 Å². The zero-order valence-electron chi connectivity index (χ0n) is 11.6. The highest BCUT2D eigenvalue weighted by Crippen LogP contribution is 2.25. The van der Waals surface area contributed by atoms with Gasteiger partial charge in [0, 0.05) is 18.9 Å². The molecular formula is C15H20FNO4. The Hall–Kier alpha value is -1.66. The second-order valence-electron chi connectivity index (χ2n) is 5.29. The van der Waals surface area contributed by atoms with E-state index >= 15 is 0 Å². The number of nitrogens with one attached hydrogen (secondary N) is 1. The maximum absolute atomic E-state index is 14.0. The lowest BCUT2D eigenvalue weighted by atomic mass is 9.91. The van der Waals surface area contributed by atoms with Crippen LogP contribution in [0.5, 0.6) is 0 Å². The second kappa shape index (κ2) is 7.38. The molecule has 6 heteroatoms. The molecule has 0 bridgehead atoms. The van der Waals surface area contributed by atoms with Gasteiger partial charge in [0.05, 0.1) is 6.10 Å². The van der Waals surface area contributed by atoms with Gasteiger partial charge in [0.25, 0.3) is 0 Å². The number of halogens is 1. The highest BCUT2D eigenvalue weighted by Gasteiger charge is 2.33. The molecule has 0 heterocycles. The molecular weight excluding hydrogens is 277 g/mol. The van der Waals surface area contributed by atoms with Gasteiger partial charge in [-0.3, -0.25) is 0 Å². The van der Waals surface area contributed by atoms with E-state index in [4.69, 9.17) is 9.84 Å². The number of alkyl halides is 1.